The van der Waals surface area contributed by atoms with Gasteiger partial charge >= 0.3 is 0 Å². The lowest BCUT2D eigenvalue weighted by molar-refractivity contribution is -0.385. The molecule has 0 fully saturated rings. The van der Waals surface area contributed by atoms with Crippen molar-refractivity contribution in [2.24, 2.45) is 0 Å². The summed E-state index contributed by atoms with van der Waals surface area (Å²) >= 11 is 1.08. The first-order valence-corrected chi connectivity index (χ1v) is 5.51. The number of nitro benzene ring substituents is 1. The Morgan fingerprint density at radius 2 is 2.28 bits per heavy atom. The number of benzene rings is 1. The monoisotopic (exact) mass is 266 g/mol. The minimum atomic E-state index is -0.727. The van der Waals surface area contributed by atoms with Gasteiger partial charge in [-0.3, -0.25) is 20.2 Å². The summed E-state index contributed by atoms with van der Waals surface area (Å²) in [5, 5.41) is 29.7. The zero-order valence-corrected chi connectivity index (χ0v) is 9.55. The van der Waals surface area contributed by atoms with Crippen LogP contribution in [-0.2, 0) is 0 Å². The Kier molecular flexibility index (Phi) is 3.15. The van der Waals surface area contributed by atoms with Gasteiger partial charge in [-0.2, -0.15) is 0 Å². The summed E-state index contributed by atoms with van der Waals surface area (Å²) in [6.45, 7) is 0. The van der Waals surface area contributed by atoms with Gasteiger partial charge in [0.2, 0.25) is 5.13 Å². The van der Waals surface area contributed by atoms with Crippen LogP contribution in [0.3, 0.4) is 0 Å². The average Bonchev–Trinajstić information content (AvgIpc) is 2.81. The second kappa shape index (κ2) is 4.75. The first kappa shape index (κ1) is 11.9. The Hall–Kier alpha value is -2.55. The van der Waals surface area contributed by atoms with Crippen LogP contribution in [-0.4, -0.2) is 26.1 Å². The Labute approximate surface area is 104 Å². The minimum absolute atomic E-state index is 0.220. The molecule has 0 saturated heterocycles. The van der Waals surface area contributed by atoms with E-state index >= 15 is 0 Å². The van der Waals surface area contributed by atoms with Gasteiger partial charge in [-0.05, 0) is 12.1 Å². The molecule has 9 heteroatoms. The molecule has 0 spiro atoms. The van der Waals surface area contributed by atoms with Crippen LogP contribution in [0, 0.1) is 10.1 Å². The predicted molar refractivity (Wildman–Crippen MR) is 62.6 cm³/mol. The van der Waals surface area contributed by atoms with E-state index in [2.05, 4.69) is 15.5 Å². The minimum Gasteiger partial charge on any atom is -0.508 e. The number of nitrogens with zero attached hydrogens (tertiary/aromatic N) is 3. The summed E-state index contributed by atoms with van der Waals surface area (Å²) in [6, 6.07) is 3.22. The number of carbonyl (C=O) groups is 1. The number of rotatable bonds is 3. The summed E-state index contributed by atoms with van der Waals surface area (Å²) < 4.78 is 0. The van der Waals surface area contributed by atoms with E-state index in [-0.39, 0.29) is 16.4 Å². The Morgan fingerprint density at radius 3 is 2.89 bits per heavy atom. The number of phenolic OH excluding ortho intramolecular Hbond substituents is 1. The number of hydrogen-bond acceptors (Lipinski definition) is 7. The molecule has 1 amide bonds. The standard InChI is InChI=1S/C9H6N4O4S/c14-5-1-2-7(13(16)17)6(3-5)8(15)11-9-12-10-4-18-9/h1-4,14H,(H,11,12,15). The first-order valence-electron chi connectivity index (χ1n) is 4.63. The van der Waals surface area contributed by atoms with Gasteiger partial charge in [-0.15, -0.1) is 10.2 Å². The Bertz CT molecular complexity index is 599. The third kappa shape index (κ3) is 2.40. The van der Waals surface area contributed by atoms with Gasteiger partial charge < -0.3 is 5.11 Å². The molecule has 2 aromatic rings. The number of carbonyl (C=O) groups excluding carboxylic acids is 1. The number of nitro groups is 1. The summed E-state index contributed by atoms with van der Waals surface area (Å²) in [7, 11) is 0. The molecule has 0 aliphatic carbocycles. The van der Waals surface area contributed by atoms with Gasteiger partial charge in [-0.25, -0.2) is 0 Å². The van der Waals surface area contributed by atoms with E-state index in [1.54, 1.807) is 0 Å². The van der Waals surface area contributed by atoms with Crippen LogP contribution in [0.4, 0.5) is 10.8 Å². The SMILES string of the molecule is O=C(Nc1nncs1)c1cc(O)ccc1[N+](=O)[O-]. The highest BCUT2D eigenvalue weighted by Crippen LogP contribution is 2.24. The normalized spacial score (nSPS) is 10.0. The molecule has 0 unspecified atom stereocenters. The van der Waals surface area contributed by atoms with Crippen molar-refractivity contribution in [3.8, 4) is 5.75 Å². The maximum atomic E-state index is 11.8. The van der Waals surface area contributed by atoms with Gasteiger partial charge in [0.05, 0.1) is 4.92 Å². The van der Waals surface area contributed by atoms with Gasteiger partial charge in [0, 0.05) is 6.07 Å². The summed E-state index contributed by atoms with van der Waals surface area (Å²) in [4.78, 5) is 21.9. The molecule has 1 aromatic heterocycles. The molecule has 2 rings (SSSR count). The van der Waals surface area contributed by atoms with Crippen molar-refractivity contribution in [3.05, 3.63) is 39.4 Å². The zero-order chi connectivity index (χ0) is 13.1. The predicted octanol–water partition coefficient (Wildman–Crippen LogP) is 1.40. The van der Waals surface area contributed by atoms with E-state index in [4.69, 9.17) is 0 Å². The number of aromatic nitrogens is 2. The number of anilines is 1. The quantitative estimate of drug-likeness (QED) is 0.640. The van der Waals surface area contributed by atoms with Gasteiger partial charge in [0.1, 0.15) is 16.8 Å². The summed E-state index contributed by atoms with van der Waals surface area (Å²) in [6.07, 6.45) is 0. The van der Waals surface area contributed by atoms with Crippen LogP contribution >= 0.6 is 11.3 Å². The summed E-state index contributed by atoms with van der Waals surface area (Å²) in [5.41, 5.74) is 0.775. The molecular formula is C9H6N4O4S. The van der Waals surface area contributed by atoms with Crippen LogP contribution in [0.1, 0.15) is 10.4 Å². The van der Waals surface area contributed by atoms with E-state index in [0.717, 1.165) is 29.5 Å². The van der Waals surface area contributed by atoms with Crippen LogP contribution < -0.4 is 5.32 Å². The van der Waals surface area contributed by atoms with Crippen LogP contribution in [0.2, 0.25) is 0 Å². The molecule has 0 aliphatic heterocycles. The van der Waals surface area contributed by atoms with Crippen molar-refractivity contribution < 1.29 is 14.8 Å². The lowest BCUT2D eigenvalue weighted by Gasteiger charge is -2.03. The highest BCUT2D eigenvalue weighted by Gasteiger charge is 2.21. The molecular weight excluding hydrogens is 260 g/mol. The fraction of sp³-hybridized carbons (Fsp3) is 0. The van der Waals surface area contributed by atoms with E-state index in [0.29, 0.717) is 0 Å². The van der Waals surface area contributed by atoms with Crippen molar-refractivity contribution in [3.63, 3.8) is 0 Å². The molecule has 18 heavy (non-hydrogen) atoms. The van der Waals surface area contributed by atoms with Crippen molar-refractivity contribution in [1.82, 2.24) is 10.2 Å². The molecule has 8 nitrogen and oxygen atoms in total. The average molecular weight is 266 g/mol. The van der Waals surface area contributed by atoms with E-state index in [1.165, 1.54) is 5.51 Å². The molecule has 0 aliphatic rings. The largest absolute Gasteiger partial charge is 0.508 e. The molecule has 2 N–H and O–H groups in total. The van der Waals surface area contributed by atoms with Crippen molar-refractivity contribution in [2.45, 2.75) is 0 Å². The van der Waals surface area contributed by atoms with E-state index in [9.17, 15) is 20.0 Å². The molecule has 92 valence electrons. The van der Waals surface area contributed by atoms with Gasteiger partial charge in [-0.1, -0.05) is 11.3 Å². The van der Waals surface area contributed by atoms with Crippen molar-refractivity contribution >= 4 is 28.1 Å². The first-order chi connectivity index (χ1) is 8.58. The number of amides is 1. The maximum Gasteiger partial charge on any atom is 0.282 e. The molecule has 0 bridgehead atoms. The molecule has 1 aromatic carbocycles. The molecule has 0 radical (unpaired) electrons. The third-order valence-corrected chi connectivity index (χ3v) is 2.61. The van der Waals surface area contributed by atoms with Crippen molar-refractivity contribution in [1.29, 1.82) is 0 Å². The van der Waals surface area contributed by atoms with E-state index < -0.39 is 16.5 Å². The van der Waals surface area contributed by atoms with Crippen LogP contribution in [0.25, 0.3) is 0 Å². The second-order valence-corrected chi connectivity index (χ2v) is 3.99. The fourth-order valence-corrected chi connectivity index (χ4v) is 1.70. The fourth-order valence-electron chi connectivity index (χ4n) is 1.26. The number of aromatic hydroxyl groups is 1. The Morgan fingerprint density at radius 1 is 1.50 bits per heavy atom. The van der Waals surface area contributed by atoms with Crippen molar-refractivity contribution in [2.75, 3.05) is 5.32 Å². The lowest BCUT2D eigenvalue weighted by Crippen LogP contribution is -2.13. The third-order valence-electron chi connectivity index (χ3n) is 2.00. The second-order valence-electron chi connectivity index (χ2n) is 3.16. The molecule has 1 heterocycles. The van der Waals surface area contributed by atoms with Gasteiger partial charge in [0.15, 0.2) is 0 Å². The van der Waals surface area contributed by atoms with Crippen LogP contribution in [0.15, 0.2) is 23.7 Å². The topological polar surface area (TPSA) is 118 Å². The highest BCUT2D eigenvalue weighted by atomic mass is 32.1. The van der Waals surface area contributed by atoms with E-state index in [1.807, 2.05) is 0 Å². The lowest BCUT2D eigenvalue weighted by atomic mass is 10.1. The van der Waals surface area contributed by atoms with Gasteiger partial charge in [0.25, 0.3) is 11.6 Å². The number of nitrogens with one attached hydrogen (secondary N) is 1. The number of phenols is 1. The maximum absolute atomic E-state index is 11.8. The summed E-state index contributed by atoms with van der Waals surface area (Å²) in [5.74, 6) is -0.961. The molecule has 0 atom stereocenters. The molecule has 0 saturated carbocycles. The highest BCUT2D eigenvalue weighted by molar-refractivity contribution is 7.13. The smallest absolute Gasteiger partial charge is 0.282 e. The Balaban J connectivity index is 2.34. The van der Waals surface area contributed by atoms with Crippen LogP contribution in [0.5, 0.6) is 5.75 Å². The zero-order valence-electron chi connectivity index (χ0n) is 8.73. The number of hydrogen-bond donors (Lipinski definition) is 2.